The van der Waals surface area contributed by atoms with Crippen LogP contribution in [0.25, 0.3) is 15.8 Å². The van der Waals surface area contributed by atoms with E-state index in [9.17, 15) is 14.8 Å². The van der Waals surface area contributed by atoms with Gasteiger partial charge in [0.1, 0.15) is 27.6 Å². The molecule has 2 bridgehead atoms. The van der Waals surface area contributed by atoms with Crippen molar-refractivity contribution < 1.29 is 18.8 Å². The lowest BCUT2D eigenvalue weighted by Crippen LogP contribution is -2.44. The van der Waals surface area contributed by atoms with Gasteiger partial charge in [-0.1, -0.05) is 16.8 Å². The number of halogens is 3. The quantitative estimate of drug-likeness (QED) is 0.335. The number of fused-ring (bicyclic) bond motifs is 3. The Morgan fingerprint density at radius 1 is 1.23 bits per heavy atom. The molecule has 1 unspecified atom stereocenters. The topological polar surface area (TPSA) is 105 Å². The van der Waals surface area contributed by atoms with Crippen LogP contribution in [0.3, 0.4) is 0 Å². The van der Waals surface area contributed by atoms with Crippen LogP contribution >= 0.6 is 34.5 Å². The summed E-state index contributed by atoms with van der Waals surface area (Å²) in [7, 11) is 0. The second-order valence-electron chi connectivity index (χ2n) is 11.0. The minimum absolute atomic E-state index is 0.0518. The molecule has 202 valence electrons. The van der Waals surface area contributed by atoms with Gasteiger partial charge in [0.25, 0.3) is 0 Å². The van der Waals surface area contributed by atoms with Gasteiger partial charge in [0.2, 0.25) is 0 Å². The largest absolute Gasteiger partial charge is 0.382 e. The number of ether oxygens (including phenoxy) is 1. The first-order chi connectivity index (χ1) is 18.9. The van der Waals surface area contributed by atoms with Crippen molar-refractivity contribution in [3.63, 3.8) is 0 Å². The fourth-order valence-electron chi connectivity index (χ4n) is 6.55. The highest BCUT2D eigenvalue weighted by atomic mass is 35.5. The number of dihydropyridines is 1. The summed E-state index contributed by atoms with van der Waals surface area (Å²) in [6, 6.07) is 4.82. The lowest BCUT2D eigenvalue weighted by atomic mass is 9.73. The Labute approximate surface area is 238 Å². The number of thiazole rings is 1. The van der Waals surface area contributed by atoms with Crippen molar-refractivity contribution in [1.82, 2.24) is 10.1 Å². The standard InChI is InChI=1S/C28H25Cl2FN4O3S/c29-19-10-33-11-20(30)23(19)24-18(26(38-35-24)14-1-2-14)12-37-17-7-15-3-4-16(8-17)28(15,36)27-34-25-21(31)5-13(9-32)6-22(25)39-27/h5-6,10,14-17,20,36H,1-4,7-8,11-12H2/t15-,16+,17-,20?,28+. The monoisotopic (exact) mass is 586 g/mol. The van der Waals surface area contributed by atoms with Crippen LogP contribution in [-0.2, 0) is 16.9 Å². The average molecular weight is 588 g/mol. The van der Waals surface area contributed by atoms with Crippen molar-refractivity contribution in [2.45, 2.75) is 68.1 Å². The zero-order chi connectivity index (χ0) is 26.9. The second-order valence-corrected chi connectivity index (χ2v) is 13.0. The van der Waals surface area contributed by atoms with Crippen molar-refractivity contribution >= 4 is 56.5 Å². The Morgan fingerprint density at radius 2 is 2.00 bits per heavy atom. The van der Waals surface area contributed by atoms with E-state index in [0.717, 1.165) is 42.6 Å². The molecule has 3 heterocycles. The van der Waals surface area contributed by atoms with Gasteiger partial charge in [-0.15, -0.1) is 22.9 Å². The number of benzene rings is 1. The number of hydrogen-bond acceptors (Lipinski definition) is 8. The summed E-state index contributed by atoms with van der Waals surface area (Å²) in [6.07, 6.45) is 6.71. The van der Waals surface area contributed by atoms with Crippen LogP contribution in [0, 0.1) is 29.0 Å². The van der Waals surface area contributed by atoms with Gasteiger partial charge >= 0.3 is 0 Å². The maximum absolute atomic E-state index is 14.6. The van der Waals surface area contributed by atoms with E-state index in [1.807, 2.05) is 6.07 Å². The molecule has 11 heteroatoms. The smallest absolute Gasteiger partial charge is 0.151 e. The molecule has 0 radical (unpaired) electrons. The van der Waals surface area contributed by atoms with E-state index in [0.29, 0.717) is 52.3 Å². The molecule has 3 aromatic rings. The van der Waals surface area contributed by atoms with Crippen LogP contribution < -0.4 is 0 Å². The van der Waals surface area contributed by atoms with Crippen molar-refractivity contribution in [2.24, 2.45) is 16.8 Å². The molecule has 0 saturated heterocycles. The first kappa shape index (κ1) is 25.6. The molecule has 2 aromatic heterocycles. The number of allylic oxidation sites excluding steroid dienone is 1. The highest BCUT2D eigenvalue weighted by Gasteiger charge is 2.56. The minimum atomic E-state index is -1.13. The molecule has 39 heavy (non-hydrogen) atoms. The number of aliphatic hydroxyl groups is 1. The summed E-state index contributed by atoms with van der Waals surface area (Å²) in [4.78, 5) is 8.74. The average Bonchev–Trinajstić information content (AvgIpc) is 3.49. The van der Waals surface area contributed by atoms with Crippen molar-refractivity contribution in [3.05, 3.63) is 50.6 Å². The number of hydrogen-bond donors (Lipinski definition) is 1. The summed E-state index contributed by atoms with van der Waals surface area (Å²) in [5.74, 6) is 0.545. The van der Waals surface area contributed by atoms with E-state index in [4.69, 9.17) is 32.5 Å². The zero-order valence-electron chi connectivity index (χ0n) is 20.9. The van der Waals surface area contributed by atoms with Crippen LogP contribution in [0.2, 0.25) is 0 Å². The van der Waals surface area contributed by atoms with E-state index in [-0.39, 0.29) is 34.4 Å². The molecule has 5 atom stereocenters. The maximum atomic E-state index is 14.6. The molecule has 0 amide bonds. The Kier molecular flexibility index (Phi) is 6.33. The number of nitrogens with zero attached hydrogens (tertiary/aromatic N) is 4. The van der Waals surface area contributed by atoms with Gasteiger partial charge < -0.3 is 14.4 Å². The number of nitriles is 1. The predicted molar refractivity (Wildman–Crippen MR) is 146 cm³/mol. The van der Waals surface area contributed by atoms with Crippen LogP contribution in [0.5, 0.6) is 0 Å². The number of alkyl halides is 1. The fraction of sp³-hybridized carbons (Fsp3) is 0.500. The molecule has 3 saturated carbocycles. The summed E-state index contributed by atoms with van der Waals surface area (Å²) in [5, 5.41) is 26.2. The van der Waals surface area contributed by atoms with E-state index < -0.39 is 11.4 Å². The van der Waals surface area contributed by atoms with Crippen LogP contribution in [0.15, 0.2) is 26.7 Å². The van der Waals surface area contributed by atoms with E-state index in [1.165, 1.54) is 17.4 Å². The molecule has 3 aliphatic carbocycles. The third kappa shape index (κ3) is 4.23. The molecule has 1 aromatic carbocycles. The Bertz CT molecular complexity index is 1560. The van der Waals surface area contributed by atoms with Gasteiger partial charge in [0, 0.05) is 23.3 Å². The van der Waals surface area contributed by atoms with Crippen LogP contribution in [0.4, 0.5) is 4.39 Å². The van der Waals surface area contributed by atoms with Gasteiger partial charge in [0.15, 0.2) is 5.82 Å². The maximum Gasteiger partial charge on any atom is 0.151 e. The summed E-state index contributed by atoms with van der Waals surface area (Å²) in [5.41, 5.74) is 1.61. The lowest BCUT2D eigenvalue weighted by molar-refractivity contribution is -0.116. The van der Waals surface area contributed by atoms with Gasteiger partial charge in [-0.2, -0.15) is 5.26 Å². The van der Waals surface area contributed by atoms with Gasteiger partial charge in [-0.3, -0.25) is 4.99 Å². The van der Waals surface area contributed by atoms with Crippen LogP contribution in [-0.4, -0.2) is 39.5 Å². The van der Waals surface area contributed by atoms with Crippen molar-refractivity contribution in [1.29, 1.82) is 5.26 Å². The highest BCUT2D eigenvalue weighted by Crippen LogP contribution is 2.57. The Morgan fingerprint density at radius 3 is 2.69 bits per heavy atom. The van der Waals surface area contributed by atoms with Gasteiger partial charge in [-0.05, 0) is 62.5 Å². The molecule has 7 rings (SSSR count). The molecular formula is C28H25Cl2FN4O3S. The Hall–Kier alpha value is -2.35. The fourth-order valence-corrected chi connectivity index (χ4v) is 8.46. The van der Waals surface area contributed by atoms with Gasteiger partial charge in [-0.25, -0.2) is 9.37 Å². The third-order valence-corrected chi connectivity index (χ3v) is 10.4. The molecule has 7 nitrogen and oxygen atoms in total. The number of aliphatic imine (C=N–C) groups is 1. The second kappa shape index (κ2) is 9.64. The summed E-state index contributed by atoms with van der Waals surface area (Å²) < 4.78 is 27.5. The molecule has 1 aliphatic heterocycles. The summed E-state index contributed by atoms with van der Waals surface area (Å²) in [6.45, 7) is 0.752. The third-order valence-electron chi connectivity index (χ3n) is 8.65. The molecule has 4 aliphatic rings. The summed E-state index contributed by atoms with van der Waals surface area (Å²) >= 11 is 14.3. The minimum Gasteiger partial charge on any atom is -0.382 e. The molecule has 1 N–H and O–H groups in total. The van der Waals surface area contributed by atoms with Crippen LogP contribution in [0.1, 0.15) is 72.0 Å². The Balaban J connectivity index is 1.13. The van der Waals surface area contributed by atoms with Gasteiger partial charge in [0.05, 0.1) is 46.0 Å². The SMILES string of the molecule is N#Cc1cc(F)c2nc([C@]3(O)[C@@H]4CC[C@H]3C[C@H](OCc3c(C5=C(Cl)C=NCC5Cl)noc3C3CC3)C4)sc2c1. The van der Waals surface area contributed by atoms with E-state index in [2.05, 4.69) is 15.1 Å². The number of rotatable bonds is 6. The van der Waals surface area contributed by atoms with E-state index in [1.54, 1.807) is 12.3 Å². The molecular weight excluding hydrogens is 562 g/mol. The molecule has 0 spiro atoms. The molecule has 3 fully saturated rings. The lowest BCUT2D eigenvalue weighted by Gasteiger charge is -2.41. The predicted octanol–water partition coefficient (Wildman–Crippen LogP) is 6.41. The first-order valence-corrected chi connectivity index (χ1v) is 14.9. The van der Waals surface area contributed by atoms with Crippen molar-refractivity contribution in [2.75, 3.05) is 6.54 Å². The number of aromatic nitrogens is 2. The normalized spacial score (nSPS) is 30.3. The zero-order valence-corrected chi connectivity index (χ0v) is 23.2. The first-order valence-electron chi connectivity index (χ1n) is 13.2. The van der Waals surface area contributed by atoms with E-state index >= 15 is 0 Å². The van der Waals surface area contributed by atoms with Crippen molar-refractivity contribution in [3.8, 4) is 6.07 Å². The highest BCUT2D eigenvalue weighted by molar-refractivity contribution is 7.18.